The molecule has 0 aliphatic carbocycles. The summed E-state index contributed by atoms with van der Waals surface area (Å²) in [6.07, 6.45) is 3.92. The number of hydrogen-bond acceptors (Lipinski definition) is 3. The van der Waals surface area contributed by atoms with E-state index in [9.17, 15) is 4.79 Å². The predicted octanol–water partition coefficient (Wildman–Crippen LogP) is 4.60. The number of nitrogens with zero attached hydrogens (tertiary/aromatic N) is 3. The number of rotatable bonds is 8. The zero-order valence-corrected chi connectivity index (χ0v) is 15.9. The van der Waals surface area contributed by atoms with E-state index < -0.39 is 5.97 Å². The average Bonchev–Trinajstić information content (AvgIpc) is 3.04. The van der Waals surface area contributed by atoms with Gasteiger partial charge in [-0.3, -0.25) is 0 Å². The van der Waals surface area contributed by atoms with Gasteiger partial charge in [0.25, 0.3) is 0 Å². The number of benzene rings is 2. The van der Waals surface area contributed by atoms with E-state index in [1.165, 1.54) is 0 Å². The number of hydrogen-bond donors (Lipinski definition) is 1. The van der Waals surface area contributed by atoms with E-state index in [1.54, 1.807) is 18.2 Å². The van der Waals surface area contributed by atoms with Crippen LogP contribution >= 0.6 is 0 Å². The van der Waals surface area contributed by atoms with Gasteiger partial charge in [0.2, 0.25) is 0 Å². The highest BCUT2D eigenvalue weighted by molar-refractivity contribution is 5.89. The molecule has 3 rings (SSSR count). The SMILES string of the molecule is CCCc1nc(CCC)n(Cc2ccc(-c3cccc(C(=O)O)c3)cc2)n1. The molecule has 3 aromatic rings. The Labute approximate surface area is 159 Å². The molecule has 1 heterocycles. The average molecular weight is 363 g/mol. The first-order valence-electron chi connectivity index (χ1n) is 9.46. The quantitative estimate of drug-likeness (QED) is 0.635. The van der Waals surface area contributed by atoms with Gasteiger partial charge in [-0.25, -0.2) is 14.5 Å². The number of carboxylic acid groups (broad SMARTS) is 1. The first-order chi connectivity index (χ1) is 13.1. The molecule has 0 aliphatic rings. The Kier molecular flexibility index (Phi) is 6.01. The minimum atomic E-state index is -0.911. The van der Waals surface area contributed by atoms with Gasteiger partial charge < -0.3 is 5.11 Å². The third-order valence-corrected chi connectivity index (χ3v) is 4.47. The Balaban J connectivity index is 1.80. The van der Waals surface area contributed by atoms with Crippen LogP contribution in [0.3, 0.4) is 0 Å². The van der Waals surface area contributed by atoms with Gasteiger partial charge in [0.15, 0.2) is 5.82 Å². The van der Waals surface area contributed by atoms with Crippen molar-refractivity contribution in [2.75, 3.05) is 0 Å². The van der Waals surface area contributed by atoms with E-state index in [1.807, 2.05) is 22.9 Å². The normalized spacial score (nSPS) is 10.9. The fourth-order valence-corrected chi connectivity index (χ4v) is 3.10. The molecule has 1 aromatic heterocycles. The largest absolute Gasteiger partial charge is 0.478 e. The van der Waals surface area contributed by atoms with Gasteiger partial charge >= 0.3 is 5.97 Å². The van der Waals surface area contributed by atoms with Crippen LogP contribution in [0.5, 0.6) is 0 Å². The third kappa shape index (κ3) is 4.61. The summed E-state index contributed by atoms with van der Waals surface area (Å²) in [6, 6.07) is 15.2. The molecule has 5 heteroatoms. The van der Waals surface area contributed by atoms with Crippen molar-refractivity contribution in [2.45, 2.75) is 46.1 Å². The van der Waals surface area contributed by atoms with E-state index in [-0.39, 0.29) is 0 Å². The van der Waals surface area contributed by atoms with Crippen molar-refractivity contribution in [3.8, 4) is 11.1 Å². The van der Waals surface area contributed by atoms with Gasteiger partial charge in [0.1, 0.15) is 5.82 Å². The van der Waals surface area contributed by atoms with Gasteiger partial charge in [0.05, 0.1) is 12.1 Å². The molecule has 0 saturated carbocycles. The molecule has 0 atom stereocenters. The summed E-state index contributed by atoms with van der Waals surface area (Å²) in [5.41, 5.74) is 3.35. The topological polar surface area (TPSA) is 68.0 Å². The molecule has 0 aliphatic heterocycles. The van der Waals surface area contributed by atoms with Crippen LogP contribution in [0.15, 0.2) is 48.5 Å². The van der Waals surface area contributed by atoms with Gasteiger partial charge in [0, 0.05) is 12.8 Å². The van der Waals surface area contributed by atoms with Gasteiger partial charge in [-0.05, 0) is 41.7 Å². The van der Waals surface area contributed by atoms with Crippen LogP contribution in [0.4, 0.5) is 0 Å². The molecule has 0 radical (unpaired) electrons. The molecule has 27 heavy (non-hydrogen) atoms. The van der Waals surface area contributed by atoms with Crippen molar-refractivity contribution < 1.29 is 9.90 Å². The van der Waals surface area contributed by atoms with Crippen LogP contribution < -0.4 is 0 Å². The number of carboxylic acids is 1. The Morgan fingerprint density at radius 3 is 2.41 bits per heavy atom. The lowest BCUT2D eigenvalue weighted by Crippen LogP contribution is -2.07. The second-order valence-electron chi connectivity index (χ2n) is 6.68. The summed E-state index contributed by atoms with van der Waals surface area (Å²) in [5.74, 6) is 1.05. The van der Waals surface area contributed by atoms with E-state index in [2.05, 4.69) is 36.1 Å². The maximum atomic E-state index is 11.2. The van der Waals surface area contributed by atoms with Crippen molar-refractivity contribution in [2.24, 2.45) is 0 Å². The summed E-state index contributed by atoms with van der Waals surface area (Å²) < 4.78 is 2.01. The first kappa shape index (κ1) is 18.8. The molecule has 2 aromatic carbocycles. The van der Waals surface area contributed by atoms with E-state index >= 15 is 0 Å². The van der Waals surface area contributed by atoms with Crippen molar-refractivity contribution in [3.63, 3.8) is 0 Å². The minimum absolute atomic E-state index is 0.298. The number of aromatic nitrogens is 3. The molecule has 5 nitrogen and oxygen atoms in total. The summed E-state index contributed by atoms with van der Waals surface area (Å²) in [7, 11) is 0. The molecule has 0 bridgehead atoms. The molecule has 0 fully saturated rings. The van der Waals surface area contributed by atoms with Crippen molar-refractivity contribution >= 4 is 5.97 Å². The summed E-state index contributed by atoms with van der Waals surface area (Å²) >= 11 is 0. The molecule has 1 N–H and O–H groups in total. The standard InChI is InChI=1S/C22H25N3O2/c1-3-6-20-23-21(7-4-2)25(24-20)15-16-10-12-17(13-11-16)18-8-5-9-19(14-18)22(26)27/h5,8-14H,3-4,6-7,15H2,1-2H3,(H,26,27). The van der Waals surface area contributed by atoms with E-state index in [0.29, 0.717) is 12.1 Å². The van der Waals surface area contributed by atoms with Crippen LogP contribution in [0.25, 0.3) is 11.1 Å². The van der Waals surface area contributed by atoms with Crippen molar-refractivity contribution in [3.05, 3.63) is 71.3 Å². The number of aryl methyl sites for hydroxylation is 2. The molecular formula is C22H25N3O2. The van der Waals surface area contributed by atoms with Crippen LogP contribution in [-0.2, 0) is 19.4 Å². The van der Waals surface area contributed by atoms with Crippen LogP contribution in [-0.4, -0.2) is 25.8 Å². The molecule has 0 unspecified atom stereocenters. The molecule has 0 spiro atoms. The molecule has 0 saturated heterocycles. The van der Waals surface area contributed by atoms with E-state index in [4.69, 9.17) is 5.11 Å². The van der Waals surface area contributed by atoms with E-state index in [0.717, 1.165) is 54.0 Å². The fourth-order valence-electron chi connectivity index (χ4n) is 3.10. The zero-order valence-electron chi connectivity index (χ0n) is 15.9. The van der Waals surface area contributed by atoms with Gasteiger partial charge in [-0.15, -0.1) is 0 Å². The Bertz CT molecular complexity index is 914. The number of carbonyl (C=O) groups is 1. The lowest BCUT2D eigenvalue weighted by atomic mass is 10.0. The second-order valence-corrected chi connectivity index (χ2v) is 6.68. The molecule has 0 amide bonds. The van der Waals surface area contributed by atoms with Gasteiger partial charge in [-0.2, -0.15) is 5.10 Å². The monoisotopic (exact) mass is 363 g/mol. The summed E-state index contributed by atoms with van der Waals surface area (Å²) in [6.45, 7) is 4.98. The molecular weight excluding hydrogens is 338 g/mol. The van der Waals surface area contributed by atoms with Crippen LogP contribution in [0.1, 0.15) is 54.3 Å². The Morgan fingerprint density at radius 2 is 1.74 bits per heavy atom. The predicted molar refractivity (Wildman–Crippen MR) is 106 cm³/mol. The highest BCUT2D eigenvalue weighted by Gasteiger charge is 2.10. The Morgan fingerprint density at radius 1 is 1.00 bits per heavy atom. The highest BCUT2D eigenvalue weighted by atomic mass is 16.4. The molecule has 140 valence electrons. The third-order valence-electron chi connectivity index (χ3n) is 4.47. The summed E-state index contributed by atoms with van der Waals surface area (Å²) in [5, 5.41) is 13.8. The zero-order chi connectivity index (χ0) is 19.2. The maximum absolute atomic E-state index is 11.2. The van der Waals surface area contributed by atoms with Crippen LogP contribution in [0.2, 0.25) is 0 Å². The fraction of sp³-hybridized carbons (Fsp3) is 0.318. The maximum Gasteiger partial charge on any atom is 0.335 e. The Hall–Kier alpha value is -2.95. The first-order valence-corrected chi connectivity index (χ1v) is 9.46. The van der Waals surface area contributed by atoms with Crippen molar-refractivity contribution in [1.82, 2.24) is 14.8 Å². The lowest BCUT2D eigenvalue weighted by molar-refractivity contribution is 0.0697. The van der Waals surface area contributed by atoms with Gasteiger partial charge in [-0.1, -0.05) is 50.2 Å². The minimum Gasteiger partial charge on any atom is -0.478 e. The highest BCUT2D eigenvalue weighted by Crippen LogP contribution is 2.21. The summed E-state index contributed by atoms with van der Waals surface area (Å²) in [4.78, 5) is 15.8. The van der Waals surface area contributed by atoms with Crippen molar-refractivity contribution in [1.29, 1.82) is 0 Å². The lowest BCUT2D eigenvalue weighted by Gasteiger charge is -2.08. The number of aromatic carboxylic acids is 1. The smallest absolute Gasteiger partial charge is 0.335 e. The second kappa shape index (κ2) is 8.62. The van der Waals surface area contributed by atoms with Crippen LogP contribution in [0, 0.1) is 0 Å².